The van der Waals surface area contributed by atoms with Gasteiger partial charge in [0.15, 0.2) is 0 Å². The number of benzene rings is 1. The summed E-state index contributed by atoms with van der Waals surface area (Å²) in [6.45, 7) is 8.33. The third-order valence-electron chi connectivity index (χ3n) is 2.69. The van der Waals surface area contributed by atoms with Crippen LogP contribution in [0, 0.1) is 0 Å². The Bertz CT molecular complexity index is 501. The molecule has 1 unspecified atom stereocenters. The van der Waals surface area contributed by atoms with Gasteiger partial charge in [0.25, 0.3) is 0 Å². The van der Waals surface area contributed by atoms with Gasteiger partial charge >= 0.3 is 0 Å². The lowest BCUT2D eigenvalue weighted by Gasteiger charge is -2.25. The fourth-order valence-corrected chi connectivity index (χ4v) is 3.02. The van der Waals surface area contributed by atoms with E-state index in [0.717, 1.165) is 5.69 Å². The number of hydrogen-bond donors (Lipinski definition) is 1. The number of hydrogen-bond acceptors (Lipinski definition) is 3. The van der Waals surface area contributed by atoms with Gasteiger partial charge in [-0.05, 0) is 24.0 Å². The number of rotatable bonds is 4. The van der Waals surface area contributed by atoms with Crippen LogP contribution in [0.5, 0.6) is 0 Å². The van der Waals surface area contributed by atoms with Gasteiger partial charge < -0.3 is 5.32 Å². The zero-order valence-corrected chi connectivity index (χ0v) is 12.6. The summed E-state index contributed by atoms with van der Waals surface area (Å²) in [5, 5.41) is 3.29. The summed E-state index contributed by atoms with van der Waals surface area (Å²) in [6.07, 6.45) is 1.26. The average molecular weight is 269 g/mol. The molecule has 1 atom stereocenters. The molecular weight excluding hydrogens is 246 g/mol. The van der Waals surface area contributed by atoms with Gasteiger partial charge in [0.1, 0.15) is 9.84 Å². The minimum Gasteiger partial charge on any atom is -0.381 e. The average Bonchev–Trinajstić information content (AvgIpc) is 2.13. The fourth-order valence-electron chi connectivity index (χ4n) is 2.02. The molecule has 0 aliphatic carbocycles. The normalized spacial score (nSPS) is 14.3. The summed E-state index contributed by atoms with van der Waals surface area (Å²) in [5.74, 6) is 0.144. The van der Waals surface area contributed by atoms with Crippen LogP contribution in [-0.4, -0.2) is 26.5 Å². The van der Waals surface area contributed by atoms with Crippen molar-refractivity contribution in [3.05, 3.63) is 29.8 Å². The van der Waals surface area contributed by atoms with Crippen LogP contribution in [0.2, 0.25) is 0 Å². The van der Waals surface area contributed by atoms with Crippen LogP contribution in [0.3, 0.4) is 0 Å². The Morgan fingerprint density at radius 1 is 1.22 bits per heavy atom. The first-order valence-corrected chi connectivity index (χ1v) is 8.19. The van der Waals surface area contributed by atoms with E-state index in [1.807, 2.05) is 25.1 Å². The third-order valence-corrected chi connectivity index (χ3v) is 3.80. The van der Waals surface area contributed by atoms with E-state index in [9.17, 15) is 8.42 Å². The topological polar surface area (TPSA) is 46.2 Å². The van der Waals surface area contributed by atoms with Gasteiger partial charge in [-0.25, -0.2) is 8.42 Å². The minimum absolute atomic E-state index is 0.0361. The highest BCUT2D eigenvalue weighted by molar-refractivity contribution is 7.90. The number of sulfone groups is 1. The van der Waals surface area contributed by atoms with E-state index in [4.69, 9.17) is 0 Å². The molecule has 4 heteroatoms. The summed E-state index contributed by atoms with van der Waals surface area (Å²) in [5.41, 5.74) is 2.25. The second-order valence-corrected chi connectivity index (χ2v) is 8.12. The maximum atomic E-state index is 11.3. The zero-order valence-electron chi connectivity index (χ0n) is 11.8. The van der Waals surface area contributed by atoms with Crippen molar-refractivity contribution in [2.24, 2.45) is 0 Å². The molecule has 1 rings (SSSR count). The van der Waals surface area contributed by atoms with Gasteiger partial charge in [-0.2, -0.15) is 0 Å². The van der Waals surface area contributed by atoms with E-state index >= 15 is 0 Å². The quantitative estimate of drug-likeness (QED) is 0.914. The Labute approximate surface area is 111 Å². The van der Waals surface area contributed by atoms with Crippen molar-refractivity contribution in [2.45, 2.75) is 39.2 Å². The van der Waals surface area contributed by atoms with Gasteiger partial charge in [0.05, 0.1) is 5.75 Å². The maximum Gasteiger partial charge on any atom is 0.149 e. The van der Waals surface area contributed by atoms with E-state index < -0.39 is 9.84 Å². The predicted octanol–water partition coefficient (Wildman–Crippen LogP) is 2.83. The Morgan fingerprint density at radius 3 is 2.28 bits per heavy atom. The highest BCUT2D eigenvalue weighted by Crippen LogP contribution is 2.29. The van der Waals surface area contributed by atoms with Crippen LogP contribution in [0.25, 0.3) is 0 Å². The summed E-state index contributed by atoms with van der Waals surface area (Å²) in [4.78, 5) is 0. The molecule has 102 valence electrons. The summed E-state index contributed by atoms with van der Waals surface area (Å²) >= 11 is 0. The van der Waals surface area contributed by atoms with Crippen LogP contribution < -0.4 is 5.32 Å². The SMILES string of the molecule is CC(CS(C)(=O)=O)Nc1ccccc1C(C)(C)C. The van der Waals surface area contributed by atoms with E-state index in [0.29, 0.717) is 0 Å². The van der Waals surface area contributed by atoms with Crippen molar-refractivity contribution < 1.29 is 8.42 Å². The lowest BCUT2D eigenvalue weighted by molar-refractivity contribution is 0.589. The maximum absolute atomic E-state index is 11.3. The van der Waals surface area contributed by atoms with Crippen LogP contribution in [0.1, 0.15) is 33.3 Å². The Hall–Kier alpha value is -1.03. The summed E-state index contributed by atoms with van der Waals surface area (Å²) in [6, 6.07) is 7.95. The van der Waals surface area contributed by atoms with E-state index in [2.05, 4.69) is 32.2 Å². The summed E-state index contributed by atoms with van der Waals surface area (Å²) in [7, 11) is -2.95. The second kappa shape index (κ2) is 5.31. The number of nitrogens with one attached hydrogen (secondary N) is 1. The third kappa shape index (κ3) is 4.69. The van der Waals surface area contributed by atoms with Crippen LogP contribution in [-0.2, 0) is 15.3 Å². The monoisotopic (exact) mass is 269 g/mol. The van der Waals surface area contributed by atoms with Gasteiger partial charge in [0, 0.05) is 18.0 Å². The van der Waals surface area contributed by atoms with Crippen molar-refractivity contribution in [3.8, 4) is 0 Å². The molecule has 0 aliphatic heterocycles. The van der Waals surface area contributed by atoms with Crippen LogP contribution >= 0.6 is 0 Å². The molecule has 0 saturated heterocycles. The Morgan fingerprint density at radius 2 is 1.78 bits per heavy atom. The van der Waals surface area contributed by atoms with Crippen LogP contribution in [0.4, 0.5) is 5.69 Å². The molecule has 0 aliphatic rings. The summed E-state index contributed by atoms with van der Waals surface area (Å²) < 4.78 is 22.5. The molecule has 0 saturated carbocycles. The van der Waals surface area contributed by atoms with Crippen molar-refractivity contribution in [1.82, 2.24) is 0 Å². The van der Waals surface area contributed by atoms with E-state index in [1.54, 1.807) is 0 Å². The zero-order chi connectivity index (χ0) is 14.0. The van der Waals surface area contributed by atoms with Crippen LogP contribution in [0.15, 0.2) is 24.3 Å². The second-order valence-electron chi connectivity index (χ2n) is 5.93. The van der Waals surface area contributed by atoms with Gasteiger partial charge in [-0.1, -0.05) is 39.0 Å². The Balaban J connectivity index is 2.92. The molecule has 18 heavy (non-hydrogen) atoms. The highest BCUT2D eigenvalue weighted by Gasteiger charge is 2.19. The molecule has 0 amide bonds. The Kier molecular flexibility index (Phi) is 4.43. The smallest absolute Gasteiger partial charge is 0.149 e. The van der Waals surface area contributed by atoms with Gasteiger partial charge in [-0.15, -0.1) is 0 Å². The first kappa shape index (κ1) is 15.0. The molecule has 0 bridgehead atoms. The molecule has 1 aromatic carbocycles. The minimum atomic E-state index is -2.95. The number of para-hydroxylation sites is 1. The van der Waals surface area contributed by atoms with Crippen molar-refractivity contribution in [3.63, 3.8) is 0 Å². The fraction of sp³-hybridized carbons (Fsp3) is 0.571. The lowest BCUT2D eigenvalue weighted by Crippen LogP contribution is -2.26. The molecule has 1 N–H and O–H groups in total. The largest absolute Gasteiger partial charge is 0.381 e. The first-order chi connectivity index (χ1) is 8.09. The van der Waals surface area contributed by atoms with Gasteiger partial charge in [-0.3, -0.25) is 0 Å². The molecule has 1 aromatic rings. The molecule has 0 aromatic heterocycles. The molecule has 0 heterocycles. The van der Waals surface area contributed by atoms with Crippen molar-refractivity contribution in [2.75, 3.05) is 17.3 Å². The molecule has 0 radical (unpaired) electrons. The van der Waals surface area contributed by atoms with E-state index in [1.165, 1.54) is 11.8 Å². The molecule has 0 fully saturated rings. The standard InChI is InChI=1S/C14H23NO2S/c1-11(10-18(5,16)17)15-13-9-7-6-8-12(13)14(2,3)4/h6-9,11,15H,10H2,1-5H3. The van der Waals surface area contributed by atoms with E-state index in [-0.39, 0.29) is 17.2 Å². The molecular formula is C14H23NO2S. The van der Waals surface area contributed by atoms with Crippen molar-refractivity contribution in [1.29, 1.82) is 0 Å². The molecule has 0 spiro atoms. The van der Waals surface area contributed by atoms with Gasteiger partial charge in [0.2, 0.25) is 0 Å². The highest BCUT2D eigenvalue weighted by atomic mass is 32.2. The predicted molar refractivity (Wildman–Crippen MR) is 77.9 cm³/mol. The number of anilines is 1. The lowest BCUT2D eigenvalue weighted by atomic mass is 9.85. The first-order valence-electron chi connectivity index (χ1n) is 6.13. The van der Waals surface area contributed by atoms with Crippen molar-refractivity contribution >= 4 is 15.5 Å². The molecule has 3 nitrogen and oxygen atoms in total.